The van der Waals surface area contributed by atoms with Crippen LogP contribution in [-0.2, 0) is 6.42 Å². The van der Waals surface area contributed by atoms with Gasteiger partial charge >= 0.3 is 6.03 Å². The number of fused-ring (bicyclic) bond motifs is 1. The molecular weight excluding hydrogens is 374 g/mol. The van der Waals surface area contributed by atoms with Crippen LogP contribution < -0.4 is 14.8 Å². The van der Waals surface area contributed by atoms with Gasteiger partial charge in [0.25, 0.3) is 0 Å². The van der Waals surface area contributed by atoms with Gasteiger partial charge in [0.15, 0.2) is 5.16 Å². The van der Waals surface area contributed by atoms with Crippen LogP contribution in [0, 0.1) is 11.6 Å². The van der Waals surface area contributed by atoms with Crippen molar-refractivity contribution in [1.82, 2.24) is 20.0 Å². The number of hydrogen-bond donors (Lipinski definition) is 3. The number of H-pyrrole nitrogens is 1. The lowest BCUT2D eigenvalue weighted by atomic mass is 10.1. The molecule has 0 saturated heterocycles. The molecule has 0 saturated carbocycles. The smallest absolute Gasteiger partial charge is 0.325 e. The molecule has 27 heavy (non-hydrogen) atoms. The van der Waals surface area contributed by atoms with Gasteiger partial charge in [-0.15, -0.1) is 0 Å². The number of aromatic nitrogens is 2. The van der Waals surface area contributed by atoms with Crippen molar-refractivity contribution in [2.75, 3.05) is 13.2 Å². The fraction of sp³-hybridized carbons (Fsp3) is 0.222. The van der Waals surface area contributed by atoms with Crippen LogP contribution in [0.5, 0.6) is 5.75 Å². The van der Waals surface area contributed by atoms with E-state index in [1.165, 1.54) is 0 Å². The Morgan fingerprint density at radius 1 is 1.26 bits per heavy atom. The van der Waals surface area contributed by atoms with Crippen LogP contribution in [0.1, 0.15) is 12.5 Å². The molecule has 9 heteroatoms. The van der Waals surface area contributed by atoms with Gasteiger partial charge in [0.05, 0.1) is 17.6 Å². The first kappa shape index (κ1) is 19.0. The molecule has 6 nitrogen and oxygen atoms in total. The lowest BCUT2D eigenvalue weighted by Crippen LogP contribution is -2.33. The first-order valence-electron chi connectivity index (χ1n) is 8.33. The Kier molecular flexibility index (Phi) is 6.12. The largest absolute Gasteiger partial charge is 0.494 e. The van der Waals surface area contributed by atoms with Crippen molar-refractivity contribution in [2.24, 2.45) is 0 Å². The minimum Gasteiger partial charge on any atom is -0.494 e. The number of halogens is 2. The minimum absolute atomic E-state index is 0.0206. The lowest BCUT2D eigenvalue weighted by Gasteiger charge is -2.09. The molecule has 0 aliphatic heterocycles. The van der Waals surface area contributed by atoms with E-state index in [9.17, 15) is 13.6 Å². The van der Waals surface area contributed by atoms with Crippen molar-refractivity contribution in [3.05, 3.63) is 53.6 Å². The van der Waals surface area contributed by atoms with Crippen LogP contribution in [-0.4, -0.2) is 29.2 Å². The highest BCUT2D eigenvalue weighted by molar-refractivity contribution is 7.97. The molecule has 0 unspecified atom stereocenters. The third-order valence-electron chi connectivity index (χ3n) is 3.69. The fourth-order valence-corrected chi connectivity index (χ4v) is 3.04. The summed E-state index contributed by atoms with van der Waals surface area (Å²) < 4.78 is 35.6. The van der Waals surface area contributed by atoms with E-state index in [-0.39, 0.29) is 24.3 Å². The Morgan fingerprint density at radius 2 is 2.00 bits per heavy atom. The second-order valence-corrected chi connectivity index (χ2v) is 6.36. The monoisotopic (exact) mass is 392 g/mol. The molecule has 0 radical (unpaired) electrons. The normalized spacial score (nSPS) is 10.8. The van der Waals surface area contributed by atoms with Gasteiger partial charge < -0.3 is 15.0 Å². The van der Waals surface area contributed by atoms with Crippen LogP contribution in [0.15, 0.2) is 41.6 Å². The molecule has 1 aromatic heterocycles. The summed E-state index contributed by atoms with van der Waals surface area (Å²) in [5.41, 5.74) is 1.57. The second kappa shape index (κ2) is 8.72. The summed E-state index contributed by atoms with van der Waals surface area (Å²) in [7, 11) is 0. The highest BCUT2D eigenvalue weighted by Gasteiger charge is 2.12. The molecule has 142 valence electrons. The lowest BCUT2D eigenvalue weighted by molar-refractivity contribution is 0.246. The van der Waals surface area contributed by atoms with E-state index in [4.69, 9.17) is 4.74 Å². The SMILES string of the molecule is CCOc1cc(F)c(CCNC(=O)NSc2nc3ccccc3[nH]2)c(F)c1. The van der Waals surface area contributed by atoms with E-state index >= 15 is 0 Å². The molecule has 3 N–H and O–H groups in total. The number of imidazole rings is 1. The average Bonchev–Trinajstić information content (AvgIpc) is 3.05. The number of urea groups is 1. The third-order valence-corrected chi connectivity index (χ3v) is 4.37. The van der Waals surface area contributed by atoms with E-state index in [0.717, 1.165) is 35.1 Å². The van der Waals surface area contributed by atoms with Gasteiger partial charge in [0.1, 0.15) is 17.4 Å². The van der Waals surface area contributed by atoms with Crippen LogP contribution in [0.4, 0.5) is 13.6 Å². The van der Waals surface area contributed by atoms with E-state index in [1.54, 1.807) is 6.92 Å². The topological polar surface area (TPSA) is 79.0 Å². The molecule has 2 amide bonds. The number of ether oxygens (including phenoxy) is 1. The number of para-hydroxylation sites is 2. The number of carbonyl (C=O) groups excluding carboxylic acids is 1. The molecule has 3 rings (SSSR count). The highest BCUT2D eigenvalue weighted by atomic mass is 32.2. The molecule has 0 aliphatic rings. The van der Waals surface area contributed by atoms with Crippen LogP contribution in [0.25, 0.3) is 11.0 Å². The minimum atomic E-state index is -0.697. The van der Waals surface area contributed by atoms with Gasteiger partial charge in [-0.05, 0) is 25.5 Å². The molecule has 3 aromatic rings. The summed E-state index contributed by atoms with van der Waals surface area (Å²) in [5, 5.41) is 3.09. The quantitative estimate of drug-likeness (QED) is 0.535. The van der Waals surface area contributed by atoms with Gasteiger partial charge in [0, 0.05) is 36.2 Å². The summed E-state index contributed by atoms with van der Waals surface area (Å²) in [6.45, 7) is 2.13. The molecule has 0 aliphatic carbocycles. The predicted molar refractivity (Wildman–Crippen MR) is 99.7 cm³/mol. The maximum Gasteiger partial charge on any atom is 0.325 e. The molecule has 0 fully saturated rings. The van der Waals surface area contributed by atoms with Gasteiger partial charge in [-0.25, -0.2) is 18.6 Å². The van der Waals surface area contributed by atoms with Gasteiger partial charge in [-0.2, -0.15) is 0 Å². The first-order valence-corrected chi connectivity index (χ1v) is 9.14. The average molecular weight is 392 g/mol. The van der Waals surface area contributed by atoms with Crippen molar-refractivity contribution in [3.8, 4) is 5.75 Å². The fourth-order valence-electron chi connectivity index (χ4n) is 2.48. The zero-order valence-corrected chi connectivity index (χ0v) is 15.3. The third kappa shape index (κ3) is 4.88. The van der Waals surface area contributed by atoms with E-state index < -0.39 is 17.7 Å². The molecule has 1 heterocycles. The number of nitrogens with one attached hydrogen (secondary N) is 3. The number of rotatable bonds is 7. The Morgan fingerprint density at radius 3 is 2.70 bits per heavy atom. The summed E-state index contributed by atoms with van der Waals surface area (Å²) in [6.07, 6.45) is 0.0206. The number of nitrogens with zero attached hydrogens (tertiary/aromatic N) is 1. The van der Waals surface area contributed by atoms with Crippen molar-refractivity contribution in [2.45, 2.75) is 18.5 Å². The molecule has 0 atom stereocenters. The van der Waals surface area contributed by atoms with Crippen LogP contribution >= 0.6 is 11.9 Å². The Balaban J connectivity index is 1.48. The number of aromatic amines is 1. The molecule has 0 bridgehead atoms. The molecule has 0 spiro atoms. The number of amides is 2. The van der Waals surface area contributed by atoms with Crippen LogP contribution in [0.2, 0.25) is 0 Å². The molecule has 2 aromatic carbocycles. The predicted octanol–water partition coefficient (Wildman–Crippen LogP) is 3.79. The summed E-state index contributed by atoms with van der Waals surface area (Å²) >= 11 is 1.02. The van der Waals surface area contributed by atoms with Crippen molar-refractivity contribution in [1.29, 1.82) is 0 Å². The zero-order valence-electron chi connectivity index (χ0n) is 14.5. The second-order valence-electron chi connectivity index (χ2n) is 5.57. The van der Waals surface area contributed by atoms with Crippen molar-refractivity contribution >= 4 is 29.0 Å². The number of carbonyl (C=O) groups is 1. The zero-order chi connectivity index (χ0) is 19.2. The van der Waals surface area contributed by atoms with Crippen LogP contribution in [0.3, 0.4) is 0 Å². The van der Waals surface area contributed by atoms with Gasteiger partial charge in [-0.3, -0.25) is 4.72 Å². The first-order chi connectivity index (χ1) is 13.1. The number of benzene rings is 2. The highest BCUT2D eigenvalue weighted by Crippen LogP contribution is 2.21. The summed E-state index contributed by atoms with van der Waals surface area (Å²) in [5.74, 6) is -1.25. The van der Waals surface area contributed by atoms with Crippen molar-refractivity contribution < 1.29 is 18.3 Å². The van der Waals surface area contributed by atoms with Gasteiger partial charge in [0.2, 0.25) is 0 Å². The van der Waals surface area contributed by atoms with Crippen molar-refractivity contribution in [3.63, 3.8) is 0 Å². The van der Waals surface area contributed by atoms with Gasteiger partial charge in [-0.1, -0.05) is 12.1 Å². The number of hydrogen-bond acceptors (Lipinski definition) is 4. The standard InChI is InChI=1S/C18H18F2N4O2S/c1-2-26-11-9-13(19)12(14(20)10-11)7-8-21-17(25)24-27-18-22-15-5-3-4-6-16(15)23-18/h3-6,9-10H,2,7-8H2,1H3,(H,22,23)(H2,21,24,25). The Bertz CT molecular complexity index is 892. The Hall–Kier alpha value is -2.81. The summed E-state index contributed by atoms with van der Waals surface area (Å²) in [4.78, 5) is 19.2. The summed E-state index contributed by atoms with van der Waals surface area (Å²) in [6, 6.07) is 9.29. The maximum absolute atomic E-state index is 14.0. The van der Waals surface area contributed by atoms with E-state index in [0.29, 0.717) is 11.8 Å². The molecular formula is C18H18F2N4O2S. The van der Waals surface area contributed by atoms with E-state index in [1.807, 2.05) is 24.3 Å². The maximum atomic E-state index is 14.0. The van der Waals surface area contributed by atoms with E-state index in [2.05, 4.69) is 20.0 Å². The Labute approximate surface area is 158 Å².